The fourth-order valence-corrected chi connectivity index (χ4v) is 2.92. The first-order valence-electron chi connectivity index (χ1n) is 5.54. The lowest BCUT2D eigenvalue weighted by Crippen LogP contribution is -2.46. The van der Waals surface area contributed by atoms with E-state index in [-0.39, 0.29) is 18.1 Å². The van der Waals surface area contributed by atoms with Crippen LogP contribution >= 0.6 is 22.6 Å². The summed E-state index contributed by atoms with van der Waals surface area (Å²) in [5.41, 5.74) is 0. The van der Waals surface area contributed by atoms with Crippen molar-refractivity contribution in [3.63, 3.8) is 0 Å². The molecule has 4 heteroatoms. The van der Waals surface area contributed by atoms with Gasteiger partial charge in [-0.25, -0.2) is 0 Å². The van der Waals surface area contributed by atoms with Gasteiger partial charge in [-0.1, -0.05) is 43.4 Å². The van der Waals surface area contributed by atoms with Crippen molar-refractivity contribution in [1.82, 2.24) is 5.32 Å². The van der Waals surface area contributed by atoms with Crippen molar-refractivity contribution in [3.8, 4) is 0 Å². The summed E-state index contributed by atoms with van der Waals surface area (Å²) in [5, 5.41) is 3.07. The van der Waals surface area contributed by atoms with E-state index >= 15 is 0 Å². The fourth-order valence-electron chi connectivity index (χ4n) is 1.68. The number of rotatable bonds is 4. The summed E-state index contributed by atoms with van der Waals surface area (Å²) < 4.78 is 6.38. The van der Waals surface area contributed by atoms with Crippen LogP contribution in [0.5, 0.6) is 0 Å². The average molecular weight is 325 g/mol. The van der Waals surface area contributed by atoms with Gasteiger partial charge in [0.05, 0.1) is 0 Å². The average Bonchev–Trinajstić information content (AvgIpc) is 2.60. The minimum atomic E-state index is -0.228. The second-order valence-electron chi connectivity index (χ2n) is 4.57. The molecule has 0 radical (unpaired) electrons. The van der Waals surface area contributed by atoms with E-state index in [1.807, 2.05) is 0 Å². The van der Waals surface area contributed by atoms with Crippen LogP contribution in [0.2, 0.25) is 0 Å². The van der Waals surface area contributed by atoms with Gasteiger partial charge in [0.2, 0.25) is 5.91 Å². The number of carbonyl (C=O) groups excluding carboxylic acids is 1. The van der Waals surface area contributed by atoms with E-state index in [1.54, 1.807) is 0 Å². The van der Waals surface area contributed by atoms with Crippen LogP contribution in [0.1, 0.15) is 27.2 Å². The quantitative estimate of drug-likeness (QED) is 0.634. The SMILES string of the molecule is CC(C)C(CI)NC(=O)C1OCCC1C. The van der Waals surface area contributed by atoms with E-state index in [2.05, 4.69) is 48.7 Å². The Morgan fingerprint density at radius 3 is 2.67 bits per heavy atom. The molecule has 0 saturated carbocycles. The fraction of sp³-hybridized carbons (Fsp3) is 0.909. The van der Waals surface area contributed by atoms with Crippen LogP contribution in [0, 0.1) is 11.8 Å². The smallest absolute Gasteiger partial charge is 0.249 e. The van der Waals surface area contributed by atoms with Gasteiger partial charge >= 0.3 is 0 Å². The van der Waals surface area contributed by atoms with Gasteiger partial charge in [-0.15, -0.1) is 0 Å². The molecule has 1 aliphatic heterocycles. The number of ether oxygens (including phenoxy) is 1. The zero-order valence-electron chi connectivity index (χ0n) is 9.63. The second kappa shape index (κ2) is 6.03. The van der Waals surface area contributed by atoms with Crippen molar-refractivity contribution in [2.75, 3.05) is 11.0 Å². The summed E-state index contributed by atoms with van der Waals surface area (Å²) in [7, 11) is 0. The molecule has 3 atom stereocenters. The van der Waals surface area contributed by atoms with Gasteiger partial charge in [0.25, 0.3) is 0 Å². The molecule has 0 aromatic rings. The van der Waals surface area contributed by atoms with Crippen molar-refractivity contribution in [1.29, 1.82) is 0 Å². The lowest BCUT2D eigenvalue weighted by molar-refractivity contribution is -0.132. The summed E-state index contributed by atoms with van der Waals surface area (Å²) in [4.78, 5) is 11.9. The zero-order valence-corrected chi connectivity index (χ0v) is 11.8. The van der Waals surface area contributed by atoms with Gasteiger partial charge in [0, 0.05) is 17.1 Å². The molecule has 15 heavy (non-hydrogen) atoms. The molecule has 88 valence electrons. The minimum absolute atomic E-state index is 0.0652. The standard InChI is InChI=1S/C11H20INO2/c1-7(2)9(6-12)13-11(14)10-8(3)4-5-15-10/h7-10H,4-6H2,1-3H3,(H,13,14). The summed E-state index contributed by atoms with van der Waals surface area (Å²) in [6.07, 6.45) is 0.767. The Balaban J connectivity index is 2.46. The summed E-state index contributed by atoms with van der Waals surface area (Å²) in [6, 6.07) is 0.259. The summed E-state index contributed by atoms with van der Waals surface area (Å²) >= 11 is 2.31. The van der Waals surface area contributed by atoms with Gasteiger partial charge in [0.15, 0.2) is 0 Å². The Bertz CT molecular complexity index is 221. The number of hydrogen-bond acceptors (Lipinski definition) is 2. The zero-order chi connectivity index (χ0) is 11.4. The molecule has 0 spiro atoms. The van der Waals surface area contributed by atoms with E-state index in [1.165, 1.54) is 0 Å². The normalized spacial score (nSPS) is 28.1. The lowest BCUT2D eigenvalue weighted by atomic mass is 10.0. The molecule has 0 bridgehead atoms. The number of hydrogen-bond donors (Lipinski definition) is 1. The molecular weight excluding hydrogens is 305 g/mol. The van der Waals surface area contributed by atoms with E-state index in [0.717, 1.165) is 17.5 Å². The maximum Gasteiger partial charge on any atom is 0.249 e. The predicted octanol–water partition coefficient (Wildman–Crippen LogP) is 1.99. The Kier molecular flexibility index (Phi) is 5.32. The van der Waals surface area contributed by atoms with E-state index < -0.39 is 0 Å². The lowest BCUT2D eigenvalue weighted by Gasteiger charge is -2.23. The minimum Gasteiger partial charge on any atom is -0.368 e. The van der Waals surface area contributed by atoms with Crippen molar-refractivity contribution in [2.45, 2.75) is 39.3 Å². The van der Waals surface area contributed by atoms with E-state index in [4.69, 9.17) is 4.74 Å². The topological polar surface area (TPSA) is 38.3 Å². The highest BCUT2D eigenvalue weighted by molar-refractivity contribution is 14.1. The van der Waals surface area contributed by atoms with E-state index in [9.17, 15) is 4.79 Å². The highest BCUT2D eigenvalue weighted by atomic mass is 127. The Morgan fingerprint density at radius 1 is 1.60 bits per heavy atom. The van der Waals surface area contributed by atoms with Gasteiger partial charge < -0.3 is 10.1 Å². The molecule has 0 aliphatic carbocycles. The third kappa shape index (κ3) is 3.59. The summed E-state index contributed by atoms with van der Waals surface area (Å²) in [6.45, 7) is 7.05. The maximum atomic E-state index is 11.9. The van der Waals surface area contributed by atoms with Gasteiger partial charge in [0.1, 0.15) is 6.10 Å². The van der Waals surface area contributed by atoms with Gasteiger partial charge in [-0.05, 0) is 18.3 Å². The van der Waals surface area contributed by atoms with Crippen molar-refractivity contribution in [2.24, 2.45) is 11.8 Å². The number of nitrogens with one attached hydrogen (secondary N) is 1. The largest absolute Gasteiger partial charge is 0.368 e. The molecule has 0 aromatic carbocycles. The first-order chi connectivity index (χ1) is 7.06. The van der Waals surface area contributed by atoms with Crippen molar-refractivity contribution in [3.05, 3.63) is 0 Å². The third-order valence-corrected chi connectivity index (χ3v) is 3.89. The molecule has 1 N–H and O–H groups in total. The first-order valence-corrected chi connectivity index (χ1v) is 7.06. The Morgan fingerprint density at radius 2 is 2.27 bits per heavy atom. The second-order valence-corrected chi connectivity index (χ2v) is 5.45. The van der Waals surface area contributed by atoms with Crippen LogP contribution < -0.4 is 5.32 Å². The molecule has 0 aromatic heterocycles. The first kappa shape index (κ1) is 13.2. The van der Waals surface area contributed by atoms with Crippen LogP contribution in [-0.2, 0) is 9.53 Å². The Labute approximate surface area is 105 Å². The van der Waals surface area contributed by atoms with Crippen LogP contribution in [0.4, 0.5) is 0 Å². The molecule has 3 nitrogen and oxygen atoms in total. The van der Waals surface area contributed by atoms with Crippen molar-refractivity contribution < 1.29 is 9.53 Å². The number of halogens is 1. The highest BCUT2D eigenvalue weighted by Gasteiger charge is 2.32. The molecular formula is C11H20INO2. The molecule has 1 amide bonds. The molecule has 1 heterocycles. The highest BCUT2D eigenvalue weighted by Crippen LogP contribution is 2.20. The third-order valence-electron chi connectivity index (χ3n) is 2.94. The molecule has 1 fully saturated rings. The summed E-state index contributed by atoms with van der Waals surface area (Å²) in [5.74, 6) is 0.893. The molecule has 1 saturated heterocycles. The predicted molar refractivity (Wildman–Crippen MR) is 69.2 cm³/mol. The number of alkyl halides is 1. The van der Waals surface area contributed by atoms with Crippen molar-refractivity contribution >= 4 is 28.5 Å². The van der Waals surface area contributed by atoms with Crippen LogP contribution in [-0.4, -0.2) is 29.1 Å². The molecule has 1 aliphatic rings. The Hall–Kier alpha value is 0.160. The van der Waals surface area contributed by atoms with E-state index in [0.29, 0.717) is 11.8 Å². The van der Waals surface area contributed by atoms with Crippen LogP contribution in [0.15, 0.2) is 0 Å². The molecule has 1 rings (SSSR count). The number of amides is 1. The monoisotopic (exact) mass is 325 g/mol. The van der Waals surface area contributed by atoms with Gasteiger partial charge in [-0.3, -0.25) is 4.79 Å². The molecule has 3 unspecified atom stereocenters. The van der Waals surface area contributed by atoms with Gasteiger partial charge in [-0.2, -0.15) is 0 Å². The number of carbonyl (C=O) groups is 1. The maximum absolute atomic E-state index is 11.9. The van der Waals surface area contributed by atoms with Crippen LogP contribution in [0.25, 0.3) is 0 Å². The van der Waals surface area contributed by atoms with Crippen LogP contribution in [0.3, 0.4) is 0 Å².